The van der Waals surface area contributed by atoms with E-state index in [2.05, 4.69) is 4.74 Å². The van der Waals surface area contributed by atoms with Gasteiger partial charge in [0.1, 0.15) is 4.88 Å². The molecule has 1 aromatic rings. The van der Waals surface area contributed by atoms with E-state index in [1.807, 2.05) is 0 Å². The topological polar surface area (TPSA) is 46.5 Å². The Morgan fingerprint density at radius 2 is 2.58 bits per heavy atom. The number of rotatable bonds is 2. The zero-order valence-electron chi connectivity index (χ0n) is 9.40. The fourth-order valence-corrected chi connectivity index (χ4v) is 1.51. The molecule has 0 aromatic carbocycles. The van der Waals surface area contributed by atoms with Crippen molar-refractivity contribution in [1.29, 1.82) is 0 Å². The van der Waals surface area contributed by atoms with Crippen LogP contribution in [0, 0.1) is 0 Å². The van der Waals surface area contributed by atoms with Gasteiger partial charge in [0.15, 0.2) is 0 Å². The predicted octanol–water partition coefficient (Wildman–Crippen LogP) is 1.59. The molecule has 1 heterocycles. The second-order valence-electron chi connectivity index (χ2n) is 2.10. The van der Waals surface area contributed by atoms with E-state index in [0.29, 0.717) is 0 Å². The van der Waals surface area contributed by atoms with Crippen LogP contribution < -0.4 is 0 Å². The maximum atomic E-state index is 11.1. The summed E-state index contributed by atoms with van der Waals surface area (Å²) in [7, 11) is 1.24. The van der Waals surface area contributed by atoms with Crippen molar-refractivity contribution in [2.45, 2.75) is 13.0 Å². The van der Waals surface area contributed by atoms with Gasteiger partial charge in [-0.1, -0.05) is 0 Å². The largest absolute Gasteiger partial charge is 0.465 e. The van der Waals surface area contributed by atoms with Gasteiger partial charge in [0, 0.05) is 8.99 Å². The highest BCUT2D eigenvalue weighted by Gasteiger charge is 2.10. The van der Waals surface area contributed by atoms with Crippen molar-refractivity contribution in [3.8, 4) is 0 Å². The minimum atomic E-state index is -2.47. The van der Waals surface area contributed by atoms with E-state index in [4.69, 9.17) is 4.11 Å². The number of thiophene rings is 1. The third-order valence-electron chi connectivity index (χ3n) is 1.28. The Kier molecular flexibility index (Phi) is 1.76. The molecule has 3 nitrogen and oxygen atoms in total. The molecule has 12 heavy (non-hydrogen) atoms. The molecular formula is C8H10O3S. The highest BCUT2D eigenvalue weighted by Crippen LogP contribution is 2.23. The van der Waals surface area contributed by atoms with Crippen molar-refractivity contribution in [3.05, 3.63) is 21.9 Å². The lowest BCUT2D eigenvalue weighted by Crippen LogP contribution is -1.96. The van der Waals surface area contributed by atoms with Gasteiger partial charge in [-0.15, -0.1) is 11.3 Å². The van der Waals surface area contributed by atoms with Gasteiger partial charge in [0.2, 0.25) is 0 Å². The van der Waals surface area contributed by atoms with Gasteiger partial charge < -0.3 is 9.84 Å². The lowest BCUT2D eigenvalue weighted by molar-refractivity contribution is 0.0606. The van der Waals surface area contributed by atoms with E-state index in [1.54, 1.807) is 0 Å². The molecule has 0 aliphatic rings. The standard InChI is InChI=1S/C8H10O3S/c1-5(9)6-3-4-7(12-6)8(10)11-2/h3-5,9H,1-2H3/i1D3. The fourth-order valence-electron chi connectivity index (χ4n) is 0.710. The number of carbonyl (C=O) groups is 1. The Morgan fingerprint density at radius 3 is 3.17 bits per heavy atom. The van der Waals surface area contributed by atoms with Gasteiger partial charge in [0.05, 0.1) is 13.2 Å². The van der Waals surface area contributed by atoms with E-state index in [1.165, 1.54) is 19.2 Å². The monoisotopic (exact) mass is 189 g/mol. The minimum absolute atomic E-state index is 0.232. The van der Waals surface area contributed by atoms with E-state index in [9.17, 15) is 9.90 Å². The van der Waals surface area contributed by atoms with E-state index >= 15 is 0 Å². The molecule has 0 spiro atoms. The molecule has 0 aliphatic heterocycles. The molecular weight excluding hydrogens is 176 g/mol. The summed E-state index contributed by atoms with van der Waals surface area (Å²) in [6.07, 6.45) is -1.55. The number of hydrogen-bond donors (Lipinski definition) is 1. The highest BCUT2D eigenvalue weighted by atomic mass is 32.1. The third kappa shape index (κ3) is 1.84. The summed E-state index contributed by atoms with van der Waals surface area (Å²) in [5.41, 5.74) is 0. The molecule has 1 atom stereocenters. The second-order valence-corrected chi connectivity index (χ2v) is 3.21. The molecule has 1 rings (SSSR count). The fraction of sp³-hybridized carbons (Fsp3) is 0.375. The summed E-state index contributed by atoms with van der Waals surface area (Å²) < 4.78 is 25.5. The molecule has 1 unspecified atom stereocenters. The van der Waals surface area contributed by atoms with Crippen molar-refractivity contribution in [3.63, 3.8) is 0 Å². The van der Waals surface area contributed by atoms with Crippen LogP contribution in [0.4, 0.5) is 0 Å². The molecule has 66 valence electrons. The Labute approximate surface area is 78.8 Å². The summed E-state index contributed by atoms with van der Waals surface area (Å²) in [5.74, 6) is -0.538. The zero-order valence-corrected chi connectivity index (χ0v) is 7.22. The summed E-state index contributed by atoms with van der Waals surface area (Å²) in [4.78, 5) is 11.6. The average Bonchev–Trinajstić information content (AvgIpc) is 2.62. The number of carbonyl (C=O) groups excluding carboxylic acids is 1. The molecule has 0 bridgehead atoms. The molecule has 0 saturated carbocycles. The lowest BCUT2D eigenvalue weighted by atomic mass is 10.3. The molecule has 1 aromatic heterocycles. The van der Waals surface area contributed by atoms with Gasteiger partial charge in [-0.25, -0.2) is 4.79 Å². The second kappa shape index (κ2) is 3.69. The van der Waals surface area contributed by atoms with Crippen LogP contribution in [0.1, 0.15) is 31.6 Å². The number of esters is 1. The molecule has 0 radical (unpaired) electrons. The Morgan fingerprint density at radius 1 is 1.83 bits per heavy atom. The predicted molar refractivity (Wildman–Crippen MR) is 46.3 cm³/mol. The van der Waals surface area contributed by atoms with E-state index < -0.39 is 18.9 Å². The van der Waals surface area contributed by atoms with Crippen molar-refractivity contribution in [2.75, 3.05) is 7.11 Å². The number of aliphatic hydroxyl groups is 1. The number of hydrogen-bond acceptors (Lipinski definition) is 4. The Balaban J connectivity index is 2.89. The third-order valence-corrected chi connectivity index (χ3v) is 2.40. The number of methoxy groups -OCH3 is 1. The minimum Gasteiger partial charge on any atom is -0.465 e. The van der Waals surface area contributed by atoms with Crippen LogP contribution in [0.15, 0.2) is 12.1 Å². The highest BCUT2D eigenvalue weighted by molar-refractivity contribution is 7.14. The zero-order chi connectivity index (χ0) is 11.6. The normalized spacial score (nSPS) is 17.3. The lowest BCUT2D eigenvalue weighted by Gasteiger charge is -1.97. The van der Waals surface area contributed by atoms with Crippen molar-refractivity contribution in [1.82, 2.24) is 0 Å². The summed E-state index contributed by atoms with van der Waals surface area (Å²) in [6.45, 7) is -2.47. The first-order chi connectivity index (χ1) is 6.86. The summed E-state index contributed by atoms with van der Waals surface area (Å²) >= 11 is 0.916. The van der Waals surface area contributed by atoms with Crippen LogP contribution in [0.2, 0.25) is 0 Å². The van der Waals surface area contributed by atoms with Gasteiger partial charge in [0.25, 0.3) is 0 Å². The Bertz CT molecular complexity index is 358. The summed E-state index contributed by atoms with van der Waals surface area (Å²) in [5, 5.41) is 9.42. The van der Waals surface area contributed by atoms with E-state index in [0.717, 1.165) is 11.3 Å². The smallest absolute Gasteiger partial charge is 0.348 e. The molecule has 0 fully saturated rings. The van der Waals surface area contributed by atoms with Gasteiger partial charge in [-0.3, -0.25) is 0 Å². The van der Waals surface area contributed by atoms with Gasteiger partial charge in [-0.05, 0) is 19.0 Å². The Hall–Kier alpha value is -0.870. The molecule has 0 aliphatic carbocycles. The summed E-state index contributed by atoms with van der Waals surface area (Å²) in [6, 6.07) is 2.84. The first kappa shape index (κ1) is 5.72. The SMILES string of the molecule is [2H]C([2H])([2H])C(O)c1ccc(C(=O)OC)s1. The van der Waals surface area contributed by atoms with Crippen molar-refractivity contribution in [2.24, 2.45) is 0 Å². The first-order valence-corrected chi connectivity index (χ1v) is 4.04. The molecule has 4 heteroatoms. The van der Waals surface area contributed by atoms with Gasteiger partial charge >= 0.3 is 5.97 Å². The quantitative estimate of drug-likeness (QED) is 0.718. The van der Waals surface area contributed by atoms with Crippen LogP contribution >= 0.6 is 11.3 Å². The van der Waals surface area contributed by atoms with E-state index in [-0.39, 0.29) is 9.75 Å². The average molecular weight is 189 g/mol. The van der Waals surface area contributed by atoms with Crippen LogP contribution in [0.25, 0.3) is 0 Å². The van der Waals surface area contributed by atoms with Crippen LogP contribution in [0.3, 0.4) is 0 Å². The first-order valence-electron chi connectivity index (χ1n) is 4.72. The number of ether oxygens (including phenoxy) is 1. The maximum absolute atomic E-state index is 11.1. The maximum Gasteiger partial charge on any atom is 0.348 e. The van der Waals surface area contributed by atoms with Gasteiger partial charge in [-0.2, -0.15) is 0 Å². The van der Waals surface area contributed by atoms with Crippen LogP contribution in [-0.2, 0) is 4.74 Å². The molecule has 0 saturated heterocycles. The molecule has 1 N–H and O–H groups in total. The number of aliphatic hydroxyl groups excluding tert-OH is 1. The van der Waals surface area contributed by atoms with Crippen LogP contribution in [0.5, 0.6) is 0 Å². The molecule has 0 amide bonds. The van der Waals surface area contributed by atoms with Crippen molar-refractivity contribution < 1.29 is 18.8 Å². The van der Waals surface area contributed by atoms with Crippen LogP contribution in [-0.4, -0.2) is 18.2 Å². The van der Waals surface area contributed by atoms with Crippen molar-refractivity contribution >= 4 is 17.3 Å².